The summed E-state index contributed by atoms with van der Waals surface area (Å²) >= 11 is 0. The zero-order valence-electron chi connectivity index (χ0n) is 12.0. The Labute approximate surface area is 116 Å². The molecule has 2 atom stereocenters. The van der Waals surface area contributed by atoms with Gasteiger partial charge in [-0.1, -0.05) is 6.42 Å². The number of rotatable bonds is 3. The highest BCUT2D eigenvalue weighted by Gasteiger charge is 2.43. The molecule has 0 aromatic heterocycles. The lowest BCUT2D eigenvalue weighted by atomic mass is 9.83. The van der Waals surface area contributed by atoms with Crippen molar-refractivity contribution in [3.05, 3.63) is 0 Å². The lowest BCUT2D eigenvalue weighted by Crippen LogP contribution is -2.52. The molecule has 1 heterocycles. The maximum absolute atomic E-state index is 12.5. The lowest BCUT2D eigenvalue weighted by Gasteiger charge is -2.35. The first-order valence-corrected chi connectivity index (χ1v) is 7.90. The van der Waals surface area contributed by atoms with Gasteiger partial charge in [-0.2, -0.15) is 0 Å². The summed E-state index contributed by atoms with van der Waals surface area (Å²) in [6, 6.07) is 1.27. The molecule has 3 rings (SSSR count). The van der Waals surface area contributed by atoms with Gasteiger partial charge in [-0.05, 0) is 45.4 Å². The molecule has 3 fully saturated rings. The Morgan fingerprint density at radius 2 is 1.89 bits per heavy atom. The van der Waals surface area contributed by atoms with Crippen molar-refractivity contribution in [1.29, 1.82) is 0 Å². The molecule has 4 nitrogen and oxygen atoms in total. The van der Waals surface area contributed by atoms with Gasteiger partial charge in [0.25, 0.3) is 0 Å². The standard InChI is InChI=1S/C15H27N3O/c1-15(8-2-3-13(15)16)14(19)17-11-6-9-18(10-7-11)12-4-5-12/h11-13H,2-10,16H2,1H3,(H,17,19). The van der Waals surface area contributed by atoms with Crippen LogP contribution in [0.1, 0.15) is 51.9 Å². The number of carbonyl (C=O) groups excluding carboxylic acids is 1. The van der Waals surface area contributed by atoms with Crippen molar-refractivity contribution < 1.29 is 4.79 Å². The van der Waals surface area contributed by atoms with Crippen LogP contribution in [0.4, 0.5) is 0 Å². The zero-order chi connectivity index (χ0) is 13.5. The van der Waals surface area contributed by atoms with Crippen LogP contribution in [0.15, 0.2) is 0 Å². The van der Waals surface area contributed by atoms with Crippen molar-refractivity contribution in [2.24, 2.45) is 11.1 Å². The summed E-state index contributed by atoms with van der Waals surface area (Å²) in [6.45, 7) is 4.34. The second kappa shape index (κ2) is 5.06. The fourth-order valence-electron chi connectivity index (χ4n) is 3.67. The van der Waals surface area contributed by atoms with Gasteiger partial charge in [0, 0.05) is 31.2 Å². The number of carbonyl (C=O) groups is 1. The number of hydrogen-bond donors (Lipinski definition) is 2. The first-order chi connectivity index (χ1) is 9.09. The van der Waals surface area contributed by atoms with Gasteiger partial charge in [0.05, 0.1) is 5.41 Å². The summed E-state index contributed by atoms with van der Waals surface area (Å²) in [5.41, 5.74) is 5.79. The summed E-state index contributed by atoms with van der Waals surface area (Å²) < 4.78 is 0. The van der Waals surface area contributed by atoms with Crippen molar-refractivity contribution in [2.45, 2.75) is 70.0 Å². The summed E-state index contributed by atoms with van der Waals surface area (Å²) in [7, 11) is 0. The van der Waals surface area contributed by atoms with E-state index in [9.17, 15) is 4.79 Å². The molecule has 108 valence electrons. The predicted octanol–water partition coefficient (Wildman–Crippen LogP) is 1.25. The minimum Gasteiger partial charge on any atom is -0.353 e. The Balaban J connectivity index is 1.50. The topological polar surface area (TPSA) is 58.4 Å². The van der Waals surface area contributed by atoms with Gasteiger partial charge in [0.2, 0.25) is 5.91 Å². The van der Waals surface area contributed by atoms with Crippen LogP contribution < -0.4 is 11.1 Å². The molecule has 2 saturated carbocycles. The number of nitrogens with zero attached hydrogens (tertiary/aromatic N) is 1. The number of piperidine rings is 1. The maximum Gasteiger partial charge on any atom is 0.227 e. The number of likely N-dealkylation sites (tertiary alicyclic amines) is 1. The van der Waals surface area contributed by atoms with Crippen molar-refractivity contribution in [2.75, 3.05) is 13.1 Å². The number of hydrogen-bond acceptors (Lipinski definition) is 3. The Bertz CT molecular complexity index is 347. The fraction of sp³-hybridized carbons (Fsp3) is 0.933. The summed E-state index contributed by atoms with van der Waals surface area (Å²) in [5.74, 6) is 0.197. The summed E-state index contributed by atoms with van der Waals surface area (Å²) in [6.07, 6.45) is 7.99. The molecule has 2 unspecified atom stereocenters. The van der Waals surface area contributed by atoms with E-state index < -0.39 is 0 Å². The molecule has 0 spiro atoms. The van der Waals surface area contributed by atoms with E-state index in [1.807, 2.05) is 6.92 Å². The monoisotopic (exact) mass is 265 g/mol. The lowest BCUT2D eigenvalue weighted by molar-refractivity contribution is -0.131. The van der Waals surface area contributed by atoms with Crippen molar-refractivity contribution in [1.82, 2.24) is 10.2 Å². The van der Waals surface area contributed by atoms with Gasteiger partial charge in [-0.25, -0.2) is 0 Å². The van der Waals surface area contributed by atoms with Crippen LogP contribution in [0.3, 0.4) is 0 Å². The first kappa shape index (κ1) is 13.4. The highest BCUT2D eigenvalue weighted by molar-refractivity contribution is 5.83. The third-order valence-corrected chi connectivity index (χ3v) is 5.48. The normalized spacial score (nSPS) is 37.5. The Morgan fingerprint density at radius 3 is 2.42 bits per heavy atom. The fourth-order valence-corrected chi connectivity index (χ4v) is 3.67. The van der Waals surface area contributed by atoms with E-state index >= 15 is 0 Å². The molecule has 0 radical (unpaired) electrons. The van der Waals surface area contributed by atoms with E-state index in [2.05, 4.69) is 10.2 Å². The molecule has 3 aliphatic rings. The Kier molecular flexibility index (Phi) is 3.56. The molecule has 1 saturated heterocycles. The predicted molar refractivity (Wildman–Crippen MR) is 75.7 cm³/mol. The van der Waals surface area contributed by atoms with Crippen molar-refractivity contribution in [3.63, 3.8) is 0 Å². The molecule has 1 aliphatic heterocycles. The zero-order valence-corrected chi connectivity index (χ0v) is 12.0. The molecule has 4 heteroatoms. The second-order valence-electron chi connectivity index (χ2n) is 6.93. The first-order valence-electron chi connectivity index (χ1n) is 7.90. The second-order valence-corrected chi connectivity index (χ2v) is 6.93. The van der Waals surface area contributed by atoms with Crippen LogP contribution in [0, 0.1) is 5.41 Å². The summed E-state index contributed by atoms with van der Waals surface area (Å²) in [4.78, 5) is 15.1. The third kappa shape index (κ3) is 2.65. The van der Waals surface area contributed by atoms with Crippen LogP contribution >= 0.6 is 0 Å². The van der Waals surface area contributed by atoms with Crippen LogP contribution in [0.25, 0.3) is 0 Å². The maximum atomic E-state index is 12.5. The highest BCUT2D eigenvalue weighted by atomic mass is 16.2. The van der Waals surface area contributed by atoms with Crippen LogP contribution in [0.2, 0.25) is 0 Å². The van der Waals surface area contributed by atoms with E-state index in [1.165, 1.54) is 12.8 Å². The summed E-state index contributed by atoms with van der Waals surface area (Å²) in [5, 5.41) is 3.27. The smallest absolute Gasteiger partial charge is 0.227 e. The van der Waals surface area contributed by atoms with E-state index in [1.54, 1.807) is 0 Å². The SMILES string of the molecule is CC1(C(=O)NC2CCN(C3CC3)CC2)CCCC1N. The third-order valence-electron chi connectivity index (χ3n) is 5.48. The largest absolute Gasteiger partial charge is 0.353 e. The van der Waals surface area contributed by atoms with Crippen molar-refractivity contribution >= 4 is 5.91 Å². The molecule has 1 amide bonds. The van der Waals surface area contributed by atoms with Crippen LogP contribution in [-0.4, -0.2) is 42.0 Å². The van der Waals surface area contributed by atoms with Crippen LogP contribution in [-0.2, 0) is 4.79 Å². The molecule has 2 aliphatic carbocycles. The van der Waals surface area contributed by atoms with Gasteiger partial charge < -0.3 is 16.0 Å². The molecule has 3 N–H and O–H groups in total. The Morgan fingerprint density at radius 1 is 1.21 bits per heavy atom. The molecule has 0 aromatic carbocycles. The minimum atomic E-state index is -0.326. The number of nitrogens with two attached hydrogens (primary N) is 1. The minimum absolute atomic E-state index is 0.0408. The van der Waals surface area contributed by atoms with E-state index in [4.69, 9.17) is 5.73 Å². The molecule has 19 heavy (non-hydrogen) atoms. The number of nitrogens with one attached hydrogen (secondary N) is 1. The van der Waals surface area contributed by atoms with Crippen molar-refractivity contribution in [3.8, 4) is 0 Å². The molecular weight excluding hydrogens is 238 g/mol. The van der Waals surface area contributed by atoms with Gasteiger partial charge in [-0.15, -0.1) is 0 Å². The molecule has 0 bridgehead atoms. The van der Waals surface area contributed by atoms with Crippen LogP contribution in [0.5, 0.6) is 0 Å². The molecule has 0 aromatic rings. The van der Waals surface area contributed by atoms with Gasteiger partial charge in [0.15, 0.2) is 0 Å². The van der Waals surface area contributed by atoms with Gasteiger partial charge in [0.1, 0.15) is 0 Å². The quantitative estimate of drug-likeness (QED) is 0.807. The van der Waals surface area contributed by atoms with E-state index in [0.717, 1.165) is 51.2 Å². The van der Waals surface area contributed by atoms with E-state index in [0.29, 0.717) is 6.04 Å². The van der Waals surface area contributed by atoms with Gasteiger partial charge >= 0.3 is 0 Å². The number of amides is 1. The van der Waals surface area contributed by atoms with Gasteiger partial charge in [-0.3, -0.25) is 4.79 Å². The average Bonchev–Trinajstić information content (AvgIpc) is 3.18. The average molecular weight is 265 g/mol. The Hall–Kier alpha value is -0.610. The van der Waals surface area contributed by atoms with E-state index in [-0.39, 0.29) is 17.4 Å². The highest BCUT2D eigenvalue weighted by Crippen LogP contribution is 2.37. The molecular formula is C15H27N3O.